The highest BCUT2D eigenvalue weighted by Crippen LogP contribution is 2.07. The molecule has 0 aliphatic carbocycles. The van der Waals surface area contributed by atoms with Gasteiger partial charge in [0.05, 0.1) is 17.8 Å². The first kappa shape index (κ1) is 13.5. The van der Waals surface area contributed by atoms with E-state index in [2.05, 4.69) is 43.3 Å². The SMILES string of the molecule is CC(C)NC(Nc1ccc(F)cc1)=[NH+]C(C)C. The minimum atomic E-state index is -0.231. The van der Waals surface area contributed by atoms with Crippen LogP contribution in [-0.4, -0.2) is 18.0 Å². The van der Waals surface area contributed by atoms with Gasteiger partial charge in [0.1, 0.15) is 5.82 Å². The maximum atomic E-state index is 12.8. The van der Waals surface area contributed by atoms with Crippen molar-refractivity contribution < 1.29 is 9.38 Å². The van der Waals surface area contributed by atoms with Crippen molar-refractivity contribution in [2.45, 2.75) is 39.8 Å². The lowest BCUT2D eigenvalue weighted by Crippen LogP contribution is -2.82. The second-order valence-electron chi connectivity index (χ2n) is 4.60. The Morgan fingerprint density at radius 3 is 2.18 bits per heavy atom. The van der Waals surface area contributed by atoms with Gasteiger partial charge in [0, 0.05) is 0 Å². The zero-order valence-electron chi connectivity index (χ0n) is 10.8. The molecule has 0 spiro atoms. The van der Waals surface area contributed by atoms with Gasteiger partial charge >= 0.3 is 5.96 Å². The number of guanidine groups is 1. The average molecular weight is 238 g/mol. The van der Waals surface area contributed by atoms with Crippen LogP contribution >= 0.6 is 0 Å². The largest absolute Gasteiger partial charge is 0.348 e. The number of hydrogen-bond donors (Lipinski definition) is 3. The van der Waals surface area contributed by atoms with E-state index in [0.717, 1.165) is 11.6 Å². The summed E-state index contributed by atoms with van der Waals surface area (Å²) in [4.78, 5) is 3.27. The van der Waals surface area contributed by atoms with Crippen molar-refractivity contribution in [2.24, 2.45) is 0 Å². The maximum Gasteiger partial charge on any atom is 0.348 e. The van der Waals surface area contributed by atoms with E-state index in [1.807, 2.05) is 0 Å². The van der Waals surface area contributed by atoms with E-state index in [-0.39, 0.29) is 5.82 Å². The third-order valence-electron chi connectivity index (χ3n) is 1.98. The number of anilines is 1. The highest BCUT2D eigenvalue weighted by molar-refractivity contribution is 5.89. The summed E-state index contributed by atoms with van der Waals surface area (Å²) in [7, 11) is 0. The topological polar surface area (TPSA) is 38.0 Å². The maximum absolute atomic E-state index is 12.8. The van der Waals surface area contributed by atoms with Gasteiger partial charge in [-0.15, -0.1) is 0 Å². The summed E-state index contributed by atoms with van der Waals surface area (Å²) < 4.78 is 12.8. The van der Waals surface area contributed by atoms with Crippen LogP contribution in [0.25, 0.3) is 0 Å². The molecule has 0 heterocycles. The molecule has 0 fully saturated rings. The Bertz CT molecular complexity index is 369. The van der Waals surface area contributed by atoms with Crippen LogP contribution in [0.2, 0.25) is 0 Å². The number of hydrogen-bond acceptors (Lipinski definition) is 0. The highest BCUT2D eigenvalue weighted by Gasteiger charge is 2.10. The molecule has 1 rings (SSSR count). The van der Waals surface area contributed by atoms with Gasteiger partial charge in [-0.2, -0.15) is 0 Å². The minimum Gasteiger partial charge on any atom is -0.276 e. The molecule has 1 aromatic carbocycles. The van der Waals surface area contributed by atoms with Crippen molar-refractivity contribution in [1.82, 2.24) is 5.32 Å². The molecule has 0 radical (unpaired) electrons. The smallest absolute Gasteiger partial charge is 0.276 e. The summed E-state index contributed by atoms with van der Waals surface area (Å²) in [5.41, 5.74) is 0.850. The van der Waals surface area contributed by atoms with Gasteiger partial charge in [0.15, 0.2) is 0 Å². The Balaban J connectivity index is 2.75. The van der Waals surface area contributed by atoms with Gasteiger partial charge in [-0.25, -0.2) is 9.71 Å². The molecule has 94 valence electrons. The molecule has 3 nitrogen and oxygen atoms in total. The predicted molar refractivity (Wildman–Crippen MR) is 69.4 cm³/mol. The van der Waals surface area contributed by atoms with Gasteiger partial charge in [-0.05, 0) is 52.0 Å². The number of rotatable bonds is 3. The Morgan fingerprint density at radius 1 is 1.12 bits per heavy atom. The first-order chi connectivity index (χ1) is 7.97. The summed E-state index contributed by atoms with van der Waals surface area (Å²) >= 11 is 0. The van der Waals surface area contributed by atoms with Crippen LogP contribution in [0, 0.1) is 5.82 Å². The van der Waals surface area contributed by atoms with Crippen molar-refractivity contribution in [3.8, 4) is 0 Å². The Morgan fingerprint density at radius 2 is 1.71 bits per heavy atom. The molecule has 0 saturated heterocycles. The zero-order chi connectivity index (χ0) is 12.8. The molecule has 1 aromatic rings. The third-order valence-corrected chi connectivity index (χ3v) is 1.98. The Labute approximate surface area is 102 Å². The summed E-state index contributed by atoms with van der Waals surface area (Å²) in [6.45, 7) is 8.26. The van der Waals surface area contributed by atoms with Crippen molar-refractivity contribution in [1.29, 1.82) is 0 Å². The van der Waals surface area contributed by atoms with Crippen molar-refractivity contribution in [3.63, 3.8) is 0 Å². The van der Waals surface area contributed by atoms with E-state index in [4.69, 9.17) is 0 Å². The lowest BCUT2D eigenvalue weighted by Gasteiger charge is -2.09. The van der Waals surface area contributed by atoms with Crippen LogP contribution in [0.3, 0.4) is 0 Å². The summed E-state index contributed by atoms with van der Waals surface area (Å²) in [6.07, 6.45) is 0. The molecule has 17 heavy (non-hydrogen) atoms. The number of nitrogens with one attached hydrogen (secondary N) is 3. The van der Waals surface area contributed by atoms with Crippen LogP contribution in [0.4, 0.5) is 10.1 Å². The summed E-state index contributed by atoms with van der Waals surface area (Å²) in [5.74, 6) is 0.604. The van der Waals surface area contributed by atoms with E-state index < -0.39 is 0 Å². The first-order valence-electron chi connectivity index (χ1n) is 5.90. The molecular formula is C13H21FN3+. The van der Waals surface area contributed by atoms with Crippen molar-refractivity contribution in [3.05, 3.63) is 30.1 Å². The molecule has 4 heteroatoms. The first-order valence-corrected chi connectivity index (χ1v) is 5.90. The molecule has 0 saturated carbocycles. The monoisotopic (exact) mass is 238 g/mol. The molecular weight excluding hydrogens is 217 g/mol. The van der Waals surface area contributed by atoms with Gasteiger partial charge < -0.3 is 0 Å². The van der Waals surface area contributed by atoms with Crippen molar-refractivity contribution in [2.75, 3.05) is 5.32 Å². The van der Waals surface area contributed by atoms with Crippen molar-refractivity contribution >= 4 is 11.6 Å². The highest BCUT2D eigenvalue weighted by atomic mass is 19.1. The zero-order valence-corrected chi connectivity index (χ0v) is 10.8. The van der Waals surface area contributed by atoms with Gasteiger partial charge in [-0.1, -0.05) is 0 Å². The van der Waals surface area contributed by atoms with Gasteiger partial charge in [0.2, 0.25) is 0 Å². The molecule has 0 aromatic heterocycles. The minimum absolute atomic E-state index is 0.231. The lowest BCUT2D eigenvalue weighted by molar-refractivity contribution is -0.495. The third kappa shape index (κ3) is 5.33. The van der Waals surface area contributed by atoms with Crippen LogP contribution in [-0.2, 0) is 0 Å². The molecule has 0 aliphatic heterocycles. The molecule has 3 N–H and O–H groups in total. The van der Waals surface area contributed by atoms with E-state index in [9.17, 15) is 4.39 Å². The fourth-order valence-electron chi connectivity index (χ4n) is 1.37. The van der Waals surface area contributed by atoms with Crippen LogP contribution in [0.1, 0.15) is 27.7 Å². The van der Waals surface area contributed by atoms with E-state index in [0.29, 0.717) is 12.1 Å². The second kappa shape index (κ2) is 6.23. The standard InChI is InChI=1S/C13H20FN3/c1-9(2)15-13(16-10(3)4)17-12-7-5-11(14)6-8-12/h5-10H,1-4H3,(H2,15,16,17)/p+1. The predicted octanol–water partition coefficient (Wildman–Crippen LogP) is 1.08. The number of halogens is 1. The molecule has 0 amide bonds. The Hall–Kier alpha value is -1.58. The van der Waals surface area contributed by atoms with Crippen LogP contribution in [0.5, 0.6) is 0 Å². The molecule has 0 atom stereocenters. The van der Waals surface area contributed by atoms with Crippen LogP contribution < -0.4 is 15.6 Å². The van der Waals surface area contributed by atoms with E-state index in [1.165, 1.54) is 12.1 Å². The quantitative estimate of drug-likeness (QED) is 0.544. The molecule has 0 bridgehead atoms. The molecule has 0 aliphatic rings. The summed E-state index contributed by atoms with van der Waals surface area (Å²) in [6, 6.07) is 6.93. The normalized spacial score (nSPS) is 12.1. The van der Waals surface area contributed by atoms with Gasteiger partial charge in [-0.3, -0.25) is 10.3 Å². The molecule has 0 unspecified atom stereocenters. The lowest BCUT2D eigenvalue weighted by atomic mass is 10.3. The fourth-order valence-corrected chi connectivity index (χ4v) is 1.37. The van der Waals surface area contributed by atoms with E-state index in [1.54, 1.807) is 12.1 Å². The number of benzene rings is 1. The Kier molecular flexibility index (Phi) is 4.94. The van der Waals surface area contributed by atoms with Gasteiger partial charge in [0.25, 0.3) is 0 Å². The van der Waals surface area contributed by atoms with E-state index >= 15 is 0 Å². The average Bonchev–Trinajstić information content (AvgIpc) is 2.19. The van der Waals surface area contributed by atoms with Crippen LogP contribution in [0.15, 0.2) is 24.3 Å². The second-order valence-corrected chi connectivity index (χ2v) is 4.60. The summed E-state index contributed by atoms with van der Waals surface area (Å²) in [5, 5.41) is 6.47. The fraction of sp³-hybridized carbons (Fsp3) is 0.462.